The largest absolute Gasteiger partial charge is 0.290 e. The third-order valence-electron chi connectivity index (χ3n) is 3.92. The van der Waals surface area contributed by atoms with E-state index < -0.39 is 5.92 Å². The molecule has 0 heterocycles. The molecule has 1 aromatic carbocycles. The molecular formula is C18H17O3. The van der Waals surface area contributed by atoms with Crippen molar-refractivity contribution in [2.45, 2.75) is 27.2 Å². The van der Waals surface area contributed by atoms with Crippen molar-refractivity contribution < 1.29 is 14.4 Å². The van der Waals surface area contributed by atoms with Crippen molar-refractivity contribution in [2.75, 3.05) is 0 Å². The van der Waals surface area contributed by atoms with Crippen molar-refractivity contribution in [3.05, 3.63) is 58.2 Å². The van der Waals surface area contributed by atoms with Gasteiger partial charge in [-0.3, -0.25) is 14.4 Å². The molecule has 1 aliphatic carbocycles. The zero-order valence-corrected chi connectivity index (χ0v) is 12.4. The highest BCUT2D eigenvalue weighted by molar-refractivity contribution is 6.27. The van der Waals surface area contributed by atoms with Crippen LogP contribution < -0.4 is 0 Å². The fraction of sp³-hybridized carbons (Fsp3) is 0.278. The van der Waals surface area contributed by atoms with Crippen LogP contribution in [-0.4, -0.2) is 17.9 Å². The molecule has 3 heteroatoms. The molecule has 0 spiro atoms. The number of carbonyl (C=O) groups excluding carboxylic acids is 3. The lowest BCUT2D eigenvalue weighted by molar-refractivity contribution is 0.0968. The number of rotatable bonds is 4. The summed E-state index contributed by atoms with van der Waals surface area (Å²) in [5.74, 6) is -1.11. The summed E-state index contributed by atoms with van der Waals surface area (Å²) in [5.41, 5.74) is 2.42. The van der Waals surface area contributed by atoms with Crippen LogP contribution in [-0.2, 0) is 4.79 Å². The topological polar surface area (TPSA) is 51.2 Å². The van der Waals surface area contributed by atoms with E-state index in [1.54, 1.807) is 31.2 Å². The zero-order valence-electron chi connectivity index (χ0n) is 12.4. The van der Waals surface area contributed by atoms with E-state index in [0.717, 1.165) is 5.57 Å². The summed E-state index contributed by atoms with van der Waals surface area (Å²) < 4.78 is 0. The Kier molecular flexibility index (Phi) is 4.32. The van der Waals surface area contributed by atoms with E-state index in [1.165, 1.54) is 0 Å². The molecule has 0 saturated heterocycles. The van der Waals surface area contributed by atoms with Crippen LogP contribution in [0.5, 0.6) is 0 Å². The molecule has 0 N–H and O–H groups in total. The summed E-state index contributed by atoms with van der Waals surface area (Å²) in [6, 6.07) is 6.73. The van der Waals surface area contributed by atoms with Gasteiger partial charge in [0.2, 0.25) is 6.29 Å². The molecule has 0 bridgehead atoms. The highest BCUT2D eigenvalue weighted by Gasteiger charge is 2.34. The summed E-state index contributed by atoms with van der Waals surface area (Å²) in [6.07, 6.45) is 4.23. The minimum absolute atomic E-state index is 0.182. The third kappa shape index (κ3) is 2.64. The minimum atomic E-state index is -0.689. The number of benzene rings is 1. The van der Waals surface area contributed by atoms with Gasteiger partial charge in [0.25, 0.3) is 0 Å². The molecule has 0 fully saturated rings. The van der Waals surface area contributed by atoms with Gasteiger partial charge < -0.3 is 0 Å². The summed E-state index contributed by atoms with van der Waals surface area (Å²) in [6.45, 7) is 5.38. The number of hydrogen-bond donors (Lipinski definition) is 0. The second kappa shape index (κ2) is 6.00. The predicted molar refractivity (Wildman–Crippen MR) is 81.0 cm³/mol. The molecule has 1 atom stereocenters. The van der Waals surface area contributed by atoms with Crippen molar-refractivity contribution in [2.24, 2.45) is 5.92 Å². The van der Waals surface area contributed by atoms with Gasteiger partial charge in [-0.1, -0.05) is 35.9 Å². The molecular weight excluding hydrogens is 264 g/mol. The maximum Gasteiger partial charge on any atom is 0.206 e. The molecule has 0 aromatic heterocycles. The van der Waals surface area contributed by atoms with E-state index in [-0.39, 0.29) is 17.1 Å². The number of hydrogen-bond acceptors (Lipinski definition) is 3. The lowest BCUT2D eigenvalue weighted by atomic mass is 9.78. The van der Waals surface area contributed by atoms with Crippen LogP contribution >= 0.6 is 0 Å². The first-order valence-corrected chi connectivity index (χ1v) is 6.89. The van der Waals surface area contributed by atoms with Gasteiger partial charge in [-0.15, -0.1) is 0 Å². The van der Waals surface area contributed by atoms with Gasteiger partial charge in [-0.2, -0.15) is 0 Å². The Hall–Kier alpha value is -2.29. The Morgan fingerprint density at radius 2 is 1.76 bits per heavy atom. The standard InChI is InChI=1S/C18H17O3/c1-4-11(2)9-13(10-19)16-12(3)17(20)14-7-5-6-8-15(14)18(16)21/h4-8,13H,9H2,1-3H3. The Balaban J connectivity index is 2.53. The number of carbonyl (C=O) groups is 2. The first-order valence-electron chi connectivity index (χ1n) is 6.89. The van der Waals surface area contributed by atoms with Crippen molar-refractivity contribution in [1.29, 1.82) is 0 Å². The van der Waals surface area contributed by atoms with Crippen LogP contribution in [0.15, 0.2) is 47.1 Å². The van der Waals surface area contributed by atoms with Crippen molar-refractivity contribution in [1.82, 2.24) is 0 Å². The maximum absolute atomic E-state index is 12.6. The summed E-state index contributed by atoms with van der Waals surface area (Å²) in [5, 5.41) is 0. The van der Waals surface area contributed by atoms with Gasteiger partial charge in [-0.05, 0) is 27.2 Å². The van der Waals surface area contributed by atoms with Gasteiger partial charge in [0.05, 0.1) is 5.92 Å². The summed E-state index contributed by atoms with van der Waals surface area (Å²) >= 11 is 0. The van der Waals surface area contributed by atoms with Crippen LogP contribution in [0.3, 0.4) is 0 Å². The van der Waals surface area contributed by atoms with Crippen LogP contribution in [0.4, 0.5) is 0 Å². The van der Waals surface area contributed by atoms with Gasteiger partial charge in [0.15, 0.2) is 11.6 Å². The van der Waals surface area contributed by atoms with Crippen molar-refractivity contribution in [3.63, 3.8) is 0 Å². The second-order valence-corrected chi connectivity index (χ2v) is 5.25. The monoisotopic (exact) mass is 281 g/mol. The van der Waals surface area contributed by atoms with E-state index in [1.807, 2.05) is 26.2 Å². The fourth-order valence-electron chi connectivity index (χ4n) is 2.58. The maximum atomic E-state index is 12.6. The van der Waals surface area contributed by atoms with Crippen LogP contribution in [0.1, 0.15) is 47.9 Å². The molecule has 1 aromatic rings. The Morgan fingerprint density at radius 1 is 1.19 bits per heavy atom. The fourth-order valence-corrected chi connectivity index (χ4v) is 2.58. The molecule has 0 amide bonds. The Bertz CT molecular complexity index is 677. The lowest BCUT2D eigenvalue weighted by Crippen LogP contribution is -2.26. The predicted octanol–water partition coefficient (Wildman–Crippen LogP) is 3.46. The molecule has 0 aliphatic heterocycles. The smallest absolute Gasteiger partial charge is 0.206 e. The van der Waals surface area contributed by atoms with E-state index >= 15 is 0 Å². The lowest BCUT2D eigenvalue weighted by Gasteiger charge is -2.22. The van der Waals surface area contributed by atoms with Crippen LogP contribution in [0, 0.1) is 5.92 Å². The number of Topliss-reactive ketones (excluding diaryl/α,β-unsaturated/α-hetero) is 2. The first kappa shape index (κ1) is 15.1. The number of fused-ring (bicyclic) bond motifs is 1. The van der Waals surface area contributed by atoms with E-state index in [2.05, 4.69) is 0 Å². The molecule has 1 radical (unpaired) electrons. The highest BCUT2D eigenvalue weighted by Crippen LogP contribution is 2.32. The molecule has 2 rings (SSSR count). The van der Waals surface area contributed by atoms with E-state index in [4.69, 9.17) is 0 Å². The third-order valence-corrected chi connectivity index (χ3v) is 3.92. The molecule has 21 heavy (non-hydrogen) atoms. The van der Waals surface area contributed by atoms with Gasteiger partial charge in [-0.25, -0.2) is 0 Å². The summed E-state index contributed by atoms with van der Waals surface area (Å²) in [7, 11) is 0. The highest BCUT2D eigenvalue weighted by atomic mass is 16.1. The first-order chi connectivity index (χ1) is 10.0. The molecule has 1 unspecified atom stereocenters. The normalized spacial score (nSPS) is 16.8. The average molecular weight is 281 g/mol. The zero-order chi connectivity index (χ0) is 15.6. The Labute approximate surface area is 124 Å². The Morgan fingerprint density at radius 3 is 2.29 bits per heavy atom. The van der Waals surface area contributed by atoms with Gasteiger partial charge >= 0.3 is 0 Å². The SMILES string of the molecule is CC=C(C)CC([C]=O)C1=C(C)C(=O)c2ccccc2C1=O. The van der Waals surface area contributed by atoms with Crippen molar-refractivity contribution in [3.8, 4) is 0 Å². The quantitative estimate of drug-likeness (QED) is 0.794. The number of ketones is 2. The average Bonchev–Trinajstić information content (AvgIpc) is 2.51. The summed E-state index contributed by atoms with van der Waals surface area (Å²) in [4.78, 5) is 36.3. The minimum Gasteiger partial charge on any atom is -0.290 e. The van der Waals surface area contributed by atoms with E-state index in [9.17, 15) is 14.4 Å². The van der Waals surface area contributed by atoms with E-state index in [0.29, 0.717) is 23.1 Å². The number of allylic oxidation sites excluding steroid dienone is 4. The molecule has 1 aliphatic rings. The molecule has 107 valence electrons. The van der Waals surface area contributed by atoms with Crippen LogP contribution in [0.25, 0.3) is 0 Å². The van der Waals surface area contributed by atoms with Gasteiger partial charge in [0.1, 0.15) is 0 Å². The molecule has 3 nitrogen and oxygen atoms in total. The molecule has 0 saturated carbocycles. The van der Waals surface area contributed by atoms with Crippen molar-refractivity contribution >= 4 is 17.9 Å². The second-order valence-electron chi connectivity index (χ2n) is 5.25. The van der Waals surface area contributed by atoms with Crippen LogP contribution in [0.2, 0.25) is 0 Å². The van der Waals surface area contributed by atoms with Gasteiger partial charge in [0, 0.05) is 22.3 Å².